The SMILES string of the molecule is C=CCc1c(CCC(=O)O)ccc(O)c1O. The summed E-state index contributed by atoms with van der Waals surface area (Å²) in [5.41, 5.74) is 1.26. The Bertz CT molecular complexity index is 410. The van der Waals surface area contributed by atoms with E-state index in [1.54, 1.807) is 12.1 Å². The fourth-order valence-electron chi connectivity index (χ4n) is 1.51. The molecule has 0 atom stereocenters. The summed E-state index contributed by atoms with van der Waals surface area (Å²) in [7, 11) is 0. The van der Waals surface area contributed by atoms with Crippen LogP contribution in [0.15, 0.2) is 24.8 Å². The summed E-state index contributed by atoms with van der Waals surface area (Å²) in [5.74, 6) is -1.28. The Labute approximate surface area is 93.5 Å². The molecule has 0 aliphatic heterocycles. The summed E-state index contributed by atoms with van der Waals surface area (Å²) in [6.07, 6.45) is 2.31. The van der Waals surface area contributed by atoms with Gasteiger partial charge in [-0.15, -0.1) is 6.58 Å². The summed E-state index contributed by atoms with van der Waals surface area (Å²) in [4.78, 5) is 10.5. The third-order valence-electron chi connectivity index (χ3n) is 2.32. The van der Waals surface area contributed by atoms with Gasteiger partial charge in [0.1, 0.15) is 0 Å². The van der Waals surface area contributed by atoms with Gasteiger partial charge < -0.3 is 15.3 Å². The van der Waals surface area contributed by atoms with Gasteiger partial charge in [-0.05, 0) is 24.5 Å². The highest BCUT2D eigenvalue weighted by molar-refractivity contribution is 5.67. The molecular formula is C12H14O4. The standard InChI is InChI=1S/C12H14O4/c1-2-3-9-8(5-7-11(14)15)4-6-10(13)12(9)16/h2,4,6,13,16H,1,3,5,7H2,(H,14,15). The molecule has 4 nitrogen and oxygen atoms in total. The van der Waals surface area contributed by atoms with Crippen molar-refractivity contribution in [3.05, 3.63) is 35.9 Å². The van der Waals surface area contributed by atoms with Gasteiger partial charge in [0.05, 0.1) is 0 Å². The predicted octanol–water partition coefficient (Wildman–Crippen LogP) is 1.84. The molecule has 0 aliphatic rings. The van der Waals surface area contributed by atoms with E-state index in [-0.39, 0.29) is 17.9 Å². The summed E-state index contributed by atoms with van der Waals surface area (Å²) in [6, 6.07) is 2.98. The first-order valence-electron chi connectivity index (χ1n) is 4.91. The molecule has 86 valence electrons. The maximum atomic E-state index is 10.5. The Morgan fingerprint density at radius 3 is 2.62 bits per heavy atom. The fraction of sp³-hybridized carbons (Fsp3) is 0.250. The Kier molecular flexibility index (Phi) is 3.94. The van der Waals surface area contributed by atoms with Gasteiger partial charge in [-0.1, -0.05) is 12.1 Å². The summed E-state index contributed by atoms with van der Waals surface area (Å²) < 4.78 is 0. The number of aliphatic carboxylic acids is 1. The molecule has 0 bridgehead atoms. The zero-order chi connectivity index (χ0) is 12.1. The largest absolute Gasteiger partial charge is 0.504 e. The number of phenols is 2. The smallest absolute Gasteiger partial charge is 0.303 e. The van der Waals surface area contributed by atoms with E-state index in [9.17, 15) is 15.0 Å². The molecule has 3 N–H and O–H groups in total. The Morgan fingerprint density at radius 2 is 2.06 bits per heavy atom. The van der Waals surface area contributed by atoms with Crippen molar-refractivity contribution in [2.75, 3.05) is 0 Å². The van der Waals surface area contributed by atoms with Crippen molar-refractivity contribution < 1.29 is 20.1 Å². The third kappa shape index (κ3) is 2.76. The van der Waals surface area contributed by atoms with E-state index >= 15 is 0 Å². The van der Waals surface area contributed by atoms with Crippen LogP contribution in [-0.4, -0.2) is 21.3 Å². The molecule has 0 radical (unpaired) electrons. The summed E-state index contributed by atoms with van der Waals surface area (Å²) >= 11 is 0. The lowest BCUT2D eigenvalue weighted by Gasteiger charge is -2.10. The number of allylic oxidation sites excluding steroid dienone is 1. The highest BCUT2D eigenvalue weighted by atomic mass is 16.4. The lowest BCUT2D eigenvalue weighted by molar-refractivity contribution is -0.136. The number of hydrogen-bond donors (Lipinski definition) is 3. The van der Waals surface area contributed by atoms with E-state index in [4.69, 9.17) is 5.11 Å². The molecule has 0 aromatic heterocycles. The van der Waals surface area contributed by atoms with Gasteiger partial charge in [0.15, 0.2) is 11.5 Å². The van der Waals surface area contributed by atoms with Crippen LogP contribution < -0.4 is 0 Å². The minimum atomic E-state index is -0.892. The second kappa shape index (κ2) is 5.21. The van der Waals surface area contributed by atoms with Crippen LogP contribution in [-0.2, 0) is 17.6 Å². The molecule has 16 heavy (non-hydrogen) atoms. The number of aryl methyl sites for hydroxylation is 1. The van der Waals surface area contributed by atoms with Gasteiger partial charge in [-0.3, -0.25) is 4.79 Å². The maximum Gasteiger partial charge on any atom is 0.303 e. The summed E-state index contributed by atoms with van der Waals surface area (Å²) in [5, 5.41) is 27.5. The van der Waals surface area contributed by atoms with Gasteiger partial charge in [0.2, 0.25) is 0 Å². The monoisotopic (exact) mass is 222 g/mol. The minimum Gasteiger partial charge on any atom is -0.504 e. The molecule has 0 heterocycles. The number of carboxylic acid groups (broad SMARTS) is 1. The fourth-order valence-corrected chi connectivity index (χ4v) is 1.51. The van der Waals surface area contributed by atoms with Crippen LogP contribution in [0.4, 0.5) is 0 Å². The van der Waals surface area contributed by atoms with Crippen molar-refractivity contribution in [2.45, 2.75) is 19.3 Å². The Hall–Kier alpha value is -1.97. The average Bonchev–Trinajstić information content (AvgIpc) is 2.24. The molecule has 1 aromatic rings. The molecule has 0 spiro atoms. The lowest BCUT2D eigenvalue weighted by atomic mass is 9.99. The van der Waals surface area contributed by atoms with Crippen LogP contribution in [0.5, 0.6) is 11.5 Å². The molecule has 0 amide bonds. The summed E-state index contributed by atoms with van der Waals surface area (Å²) in [6.45, 7) is 3.55. The van der Waals surface area contributed by atoms with E-state index in [1.165, 1.54) is 6.07 Å². The minimum absolute atomic E-state index is 0.00560. The molecule has 0 saturated carbocycles. The van der Waals surface area contributed by atoms with Crippen molar-refractivity contribution >= 4 is 5.97 Å². The van der Waals surface area contributed by atoms with E-state index in [0.29, 0.717) is 18.4 Å². The average molecular weight is 222 g/mol. The maximum absolute atomic E-state index is 10.5. The second-order valence-corrected chi connectivity index (χ2v) is 3.46. The van der Waals surface area contributed by atoms with Crippen molar-refractivity contribution in [1.29, 1.82) is 0 Å². The van der Waals surface area contributed by atoms with Crippen LogP contribution in [0.1, 0.15) is 17.5 Å². The zero-order valence-electron chi connectivity index (χ0n) is 8.81. The Morgan fingerprint density at radius 1 is 1.38 bits per heavy atom. The van der Waals surface area contributed by atoms with Crippen LogP contribution >= 0.6 is 0 Å². The topological polar surface area (TPSA) is 77.8 Å². The first-order chi connectivity index (χ1) is 7.56. The lowest BCUT2D eigenvalue weighted by Crippen LogP contribution is -2.00. The predicted molar refractivity (Wildman–Crippen MR) is 59.6 cm³/mol. The van der Waals surface area contributed by atoms with E-state index in [1.807, 2.05) is 0 Å². The van der Waals surface area contributed by atoms with Gasteiger partial charge >= 0.3 is 5.97 Å². The molecular weight excluding hydrogens is 208 g/mol. The first-order valence-corrected chi connectivity index (χ1v) is 4.91. The number of carboxylic acids is 1. The zero-order valence-corrected chi connectivity index (χ0v) is 8.81. The van der Waals surface area contributed by atoms with Crippen molar-refractivity contribution in [3.63, 3.8) is 0 Å². The highest BCUT2D eigenvalue weighted by Gasteiger charge is 2.11. The number of benzene rings is 1. The molecule has 0 aliphatic carbocycles. The Balaban J connectivity index is 3.02. The molecule has 0 saturated heterocycles. The molecule has 1 rings (SSSR count). The molecule has 0 unspecified atom stereocenters. The highest BCUT2D eigenvalue weighted by Crippen LogP contribution is 2.32. The molecule has 4 heteroatoms. The molecule has 1 aromatic carbocycles. The van der Waals surface area contributed by atoms with E-state index in [2.05, 4.69) is 6.58 Å². The number of aromatic hydroxyl groups is 2. The second-order valence-electron chi connectivity index (χ2n) is 3.46. The normalized spacial score (nSPS) is 10.0. The molecule has 0 fully saturated rings. The van der Waals surface area contributed by atoms with Crippen molar-refractivity contribution in [1.82, 2.24) is 0 Å². The van der Waals surface area contributed by atoms with Crippen molar-refractivity contribution in [3.8, 4) is 11.5 Å². The first kappa shape index (κ1) is 12.1. The third-order valence-corrected chi connectivity index (χ3v) is 2.32. The van der Waals surface area contributed by atoms with Crippen LogP contribution in [0, 0.1) is 0 Å². The van der Waals surface area contributed by atoms with Crippen molar-refractivity contribution in [2.24, 2.45) is 0 Å². The number of rotatable bonds is 5. The van der Waals surface area contributed by atoms with Crippen LogP contribution in [0.3, 0.4) is 0 Å². The van der Waals surface area contributed by atoms with Crippen LogP contribution in [0.25, 0.3) is 0 Å². The quantitative estimate of drug-likeness (QED) is 0.524. The van der Waals surface area contributed by atoms with Gasteiger partial charge in [0.25, 0.3) is 0 Å². The van der Waals surface area contributed by atoms with Crippen LogP contribution in [0.2, 0.25) is 0 Å². The van der Waals surface area contributed by atoms with Gasteiger partial charge in [0, 0.05) is 12.0 Å². The van der Waals surface area contributed by atoms with Gasteiger partial charge in [-0.25, -0.2) is 0 Å². The number of phenolic OH excluding ortho intramolecular Hbond substituents is 2. The van der Waals surface area contributed by atoms with E-state index in [0.717, 1.165) is 5.56 Å². The van der Waals surface area contributed by atoms with E-state index < -0.39 is 5.97 Å². The van der Waals surface area contributed by atoms with Gasteiger partial charge in [-0.2, -0.15) is 0 Å². The number of carbonyl (C=O) groups is 1. The number of hydrogen-bond acceptors (Lipinski definition) is 3.